The highest BCUT2D eigenvalue weighted by molar-refractivity contribution is 5.86. The Morgan fingerprint density at radius 2 is 1.79 bits per heavy atom. The lowest BCUT2D eigenvalue weighted by molar-refractivity contribution is 0.205. The maximum absolute atomic E-state index is 12.9. The minimum atomic E-state index is -0.406. The molecule has 33 heavy (non-hydrogen) atoms. The monoisotopic (exact) mass is 446 g/mol. The van der Waals surface area contributed by atoms with Crippen LogP contribution in [-0.4, -0.2) is 34.2 Å². The molecule has 0 spiro atoms. The third kappa shape index (κ3) is 4.62. The van der Waals surface area contributed by atoms with Gasteiger partial charge < -0.3 is 14.6 Å². The first kappa shape index (κ1) is 22.6. The summed E-state index contributed by atoms with van der Waals surface area (Å²) in [7, 11) is 0. The number of aryl methyl sites for hydroxylation is 1. The second-order valence-electron chi connectivity index (χ2n) is 8.01. The van der Waals surface area contributed by atoms with Crippen molar-refractivity contribution in [2.45, 2.75) is 46.6 Å². The minimum absolute atomic E-state index is 0.133. The average Bonchev–Trinajstić information content (AvgIpc) is 3.32. The second kappa shape index (κ2) is 9.90. The van der Waals surface area contributed by atoms with Crippen molar-refractivity contribution in [1.29, 1.82) is 0 Å². The van der Waals surface area contributed by atoms with Crippen LogP contribution >= 0.6 is 0 Å². The first-order valence-corrected chi connectivity index (χ1v) is 11.5. The Kier molecular flexibility index (Phi) is 6.77. The van der Waals surface area contributed by atoms with E-state index < -0.39 is 6.04 Å². The molecule has 1 aliphatic heterocycles. The zero-order chi connectivity index (χ0) is 23.4. The van der Waals surface area contributed by atoms with E-state index in [4.69, 9.17) is 14.2 Å². The van der Waals surface area contributed by atoms with Crippen molar-refractivity contribution in [2.75, 3.05) is 13.2 Å². The Morgan fingerprint density at radius 3 is 2.42 bits per heavy atom. The zero-order valence-electron chi connectivity index (χ0n) is 19.6. The first-order chi connectivity index (χ1) is 16.0. The fraction of sp³-hybridized carbons (Fsp3) is 0.346. The number of carbonyl (C=O) groups is 1. The molecular formula is C26H30N4O3. The van der Waals surface area contributed by atoms with Crippen molar-refractivity contribution in [1.82, 2.24) is 20.4 Å². The molecule has 0 radical (unpaired) electrons. The lowest BCUT2D eigenvalue weighted by Crippen LogP contribution is -2.46. The van der Waals surface area contributed by atoms with Crippen molar-refractivity contribution >= 4 is 11.6 Å². The summed E-state index contributed by atoms with van der Waals surface area (Å²) in [5.41, 5.74) is 4.68. The average molecular weight is 447 g/mol. The number of nitrogens with one attached hydrogen (secondary N) is 1. The third-order valence-corrected chi connectivity index (χ3v) is 5.84. The molecule has 0 fully saturated rings. The lowest BCUT2D eigenvalue weighted by Gasteiger charge is -2.35. The van der Waals surface area contributed by atoms with E-state index in [9.17, 15) is 4.79 Å². The number of rotatable bonds is 8. The van der Waals surface area contributed by atoms with Crippen LogP contribution in [0.2, 0.25) is 0 Å². The molecule has 0 bridgehead atoms. The Labute approximate surface area is 194 Å². The molecule has 1 aliphatic rings. The van der Waals surface area contributed by atoms with Gasteiger partial charge in [0.15, 0.2) is 0 Å². The highest BCUT2D eigenvalue weighted by Crippen LogP contribution is 2.37. The Bertz CT molecular complexity index is 1130. The zero-order valence-corrected chi connectivity index (χ0v) is 19.6. The number of benzene rings is 2. The van der Waals surface area contributed by atoms with Crippen molar-refractivity contribution in [3.05, 3.63) is 71.2 Å². The number of hydrogen-bond acceptors (Lipinski definition) is 5. The van der Waals surface area contributed by atoms with Crippen molar-refractivity contribution in [3.8, 4) is 17.1 Å². The van der Waals surface area contributed by atoms with Gasteiger partial charge in [-0.15, -0.1) is 0 Å². The van der Waals surface area contributed by atoms with E-state index in [1.807, 2.05) is 57.2 Å². The van der Waals surface area contributed by atoms with Gasteiger partial charge in [0.05, 0.1) is 18.2 Å². The summed E-state index contributed by atoms with van der Waals surface area (Å²) in [5.74, 6) is 1.72. The molecule has 1 N–H and O–H groups in total. The van der Waals surface area contributed by atoms with E-state index in [-0.39, 0.29) is 6.03 Å². The van der Waals surface area contributed by atoms with Gasteiger partial charge in [0, 0.05) is 17.8 Å². The predicted molar refractivity (Wildman–Crippen MR) is 128 cm³/mol. The molecule has 7 nitrogen and oxygen atoms in total. The molecule has 1 atom stereocenters. The van der Waals surface area contributed by atoms with E-state index in [0.717, 1.165) is 41.0 Å². The van der Waals surface area contributed by atoms with Crippen LogP contribution in [0.1, 0.15) is 57.2 Å². The summed E-state index contributed by atoms with van der Waals surface area (Å²) in [6, 6.07) is 15.3. The normalized spacial score (nSPS) is 16.2. The second-order valence-corrected chi connectivity index (χ2v) is 8.01. The molecule has 1 aromatic heterocycles. The molecule has 0 saturated carbocycles. The maximum Gasteiger partial charge on any atom is 0.322 e. The van der Waals surface area contributed by atoms with Crippen molar-refractivity contribution in [3.63, 3.8) is 0 Å². The summed E-state index contributed by atoms with van der Waals surface area (Å²) in [4.78, 5) is 19.4. The van der Waals surface area contributed by atoms with Crippen LogP contribution in [0.5, 0.6) is 5.75 Å². The lowest BCUT2D eigenvalue weighted by atomic mass is 9.94. The van der Waals surface area contributed by atoms with E-state index in [2.05, 4.69) is 29.5 Å². The number of amides is 2. The maximum atomic E-state index is 12.9. The molecule has 4 rings (SSSR count). The molecule has 0 aliphatic carbocycles. The largest absolute Gasteiger partial charge is 0.494 e. The quantitative estimate of drug-likeness (QED) is 0.487. The number of carbonyl (C=O) groups excluding carboxylic acids is 1. The van der Waals surface area contributed by atoms with Crippen LogP contribution in [-0.2, 0) is 6.42 Å². The summed E-state index contributed by atoms with van der Waals surface area (Å²) < 4.78 is 11.3. The molecule has 2 aromatic carbocycles. The van der Waals surface area contributed by atoms with E-state index in [1.165, 1.54) is 5.56 Å². The van der Waals surface area contributed by atoms with Crippen LogP contribution in [0.4, 0.5) is 4.79 Å². The molecule has 2 amide bonds. The molecule has 7 heteroatoms. The van der Waals surface area contributed by atoms with Gasteiger partial charge >= 0.3 is 6.03 Å². The Balaban J connectivity index is 1.75. The van der Waals surface area contributed by atoms with Crippen LogP contribution in [0, 0.1) is 0 Å². The van der Waals surface area contributed by atoms with Gasteiger partial charge in [0.2, 0.25) is 5.82 Å². The van der Waals surface area contributed by atoms with Gasteiger partial charge in [-0.1, -0.05) is 55.4 Å². The van der Waals surface area contributed by atoms with Crippen LogP contribution in [0.3, 0.4) is 0 Å². The highest BCUT2D eigenvalue weighted by atomic mass is 16.5. The standard InChI is InChI=1S/C26H30N4O3/c1-5-16-30-17(4)22(23(27-26(30)31)19-12-14-21(15-13-19)32-7-3)25-28-24(29-33-25)20-10-8-18(6-2)9-11-20/h8-15,23H,5-7,16H2,1-4H3,(H,27,31). The van der Waals surface area contributed by atoms with Crippen molar-refractivity contribution in [2.24, 2.45) is 0 Å². The predicted octanol–water partition coefficient (Wildman–Crippen LogP) is 5.61. The topological polar surface area (TPSA) is 80.5 Å². The van der Waals surface area contributed by atoms with Crippen molar-refractivity contribution < 1.29 is 14.1 Å². The van der Waals surface area contributed by atoms with Gasteiger partial charge in [0.1, 0.15) is 5.75 Å². The van der Waals surface area contributed by atoms with Gasteiger partial charge in [0.25, 0.3) is 5.89 Å². The molecule has 0 saturated heterocycles. The number of urea groups is 1. The molecule has 2 heterocycles. The first-order valence-electron chi connectivity index (χ1n) is 11.5. The molecule has 172 valence electrons. The summed E-state index contributed by atoms with van der Waals surface area (Å²) in [6.07, 6.45) is 1.81. The highest BCUT2D eigenvalue weighted by Gasteiger charge is 2.35. The molecule has 3 aromatic rings. The Morgan fingerprint density at radius 1 is 1.06 bits per heavy atom. The summed E-state index contributed by atoms with van der Waals surface area (Å²) >= 11 is 0. The van der Waals surface area contributed by atoms with Crippen LogP contribution < -0.4 is 10.1 Å². The molecule has 1 unspecified atom stereocenters. The minimum Gasteiger partial charge on any atom is -0.494 e. The molecular weight excluding hydrogens is 416 g/mol. The van der Waals surface area contributed by atoms with E-state index in [1.54, 1.807) is 4.90 Å². The van der Waals surface area contributed by atoms with Crippen LogP contribution in [0.15, 0.2) is 58.8 Å². The number of hydrogen-bond donors (Lipinski definition) is 1. The smallest absolute Gasteiger partial charge is 0.322 e. The van der Waals surface area contributed by atoms with E-state index in [0.29, 0.717) is 24.9 Å². The number of ether oxygens (including phenoxy) is 1. The van der Waals surface area contributed by atoms with Gasteiger partial charge in [-0.2, -0.15) is 4.98 Å². The number of nitrogens with zero attached hydrogens (tertiary/aromatic N) is 3. The number of aromatic nitrogens is 2. The number of allylic oxidation sites excluding steroid dienone is 1. The van der Waals surface area contributed by atoms with Gasteiger partial charge in [-0.3, -0.25) is 4.90 Å². The SMILES string of the molecule is CCCN1C(=O)NC(c2ccc(OCC)cc2)C(c2nc(-c3ccc(CC)cc3)no2)=C1C. The summed E-state index contributed by atoms with van der Waals surface area (Å²) in [5, 5.41) is 7.36. The van der Waals surface area contributed by atoms with Crippen LogP contribution in [0.25, 0.3) is 17.0 Å². The summed E-state index contributed by atoms with van der Waals surface area (Å²) in [6.45, 7) is 9.26. The third-order valence-electron chi connectivity index (χ3n) is 5.84. The van der Waals surface area contributed by atoms with E-state index >= 15 is 0 Å². The van der Waals surface area contributed by atoms with Gasteiger partial charge in [-0.05, 0) is 49.9 Å². The van der Waals surface area contributed by atoms with Gasteiger partial charge in [-0.25, -0.2) is 4.79 Å². The fourth-order valence-electron chi connectivity index (χ4n) is 4.06. The fourth-order valence-corrected chi connectivity index (χ4v) is 4.06. The Hall–Kier alpha value is -3.61.